The van der Waals surface area contributed by atoms with Crippen molar-refractivity contribution in [3.63, 3.8) is 0 Å². The zero-order chi connectivity index (χ0) is 45.7. The third-order valence-electron chi connectivity index (χ3n) is 7.28. The van der Waals surface area contributed by atoms with Gasteiger partial charge in [0.25, 0.3) is 0 Å². The van der Waals surface area contributed by atoms with Gasteiger partial charge in [0.1, 0.15) is 34.0 Å². The van der Waals surface area contributed by atoms with Crippen molar-refractivity contribution in [3.05, 3.63) is 0 Å². The van der Waals surface area contributed by atoms with Crippen LogP contribution in [0.3, 0.4) is 0 Å². The van der Waals surface area contributed by atoms with Gasteiger partial charge >= 0.3 is 29.8 Å². The van der Waals surface area contributed by atoms with Gasteiger partial charge in [-0.05, 0) is 104 Å². The van der Waals surface area contributed by atoms with E-state index in [4.69, 9.17) is 23.7 Å². The molecule has 0 aromatic rings. The van der Waals surface area contributed by atoms with E-state index in [9.17, 15) is 33.6 Å². The Balaban J connectivity index is 7.10. The van der Waals surface area contributed by atoms with E-state index in [0.717, 1.165) is 0 Å². The molecule has 0 saturated carbocycles. The van der Waals surface area contributed by atoms with Crippen molar-refractivity contribution in [3.8, 4) is 0 Å². The maximum absolute atomic E-state index is 14.0. The number of carbonyl (C=O) groups is 7. The lowest BCUT2D eigenvalue weighted by Crippen LogP contribution is -2.53. The highest BCUT2D eigenvalue weighted by atomic mass is 16.6. The number of ether oxygens (including phenoxy) is 5. The highest BCUT2D eigenvalue weighted by molar-refractivity contribution is 5.91. The molecule has 0 saturated heterocycles. The summed E-state index contributed by atoms with van der Waals surface area (Å²) in [6.45, 7) is 29.3. The summed E-state index contributed by atoms with van der Waals surface area (Å²) in [5.74, 6) is -3.97. The molecule has 1 atom stereocenters. The first kappa shape index (κ1) is 54.4. The second-order valence-electron chi connectivity index (χ2n) is 20.5. The topological polar surface area (TPSA) is 187 Å². The number of ketones is 1. The summed E-state index contributed by atoms with van der Waals surface area (Å²) in [7, 11) is 0. The van der Waals surface area contributed by atoms with E-state index >= 15 is 0 Å². The molecule has 0 aromatic heterocycles. The maximum atomic E-state index is 14.0. The summed E-state index contributed by atoms with van der Waals surface area (Å²) >= 11 is 0. The number of rotatable bonds is 20. The molecule has 0 radical (unpaired) electrons. The van der Waals surface area contributed by atoms with Crippen molar-refractivity contribution < 1.29 is 57.2 Å². The summed E-state index contributed by atoms with van der Waals surface area (Å²) in [5, 5.41) is 2.62. The highest BCUT2D eigenvalue weighted by Gasteiger charge is 2.35. The Hall–Kier alpha value is -3.63. The van der Waals surface area contributed by atoms with Gasteiger partial charge in [-0.2, -0.15) is 0 Å². The van der Waals surface area contributed by atoms with Crippen LogP contribution >= 0.6 is 0 Å². The Kier molecular flexibility index (Phi) is 20.7. The van der Waals surface area contributed by atoms with E-state index in [2.05, 4.69) is 5.32 Å². The number of nitrogens with zero attached hydrogens (tertiary/aromatic N) is 3. The standard InChI is InChI=1S/C42H76N4O12/c1-37(2,3)30(47)24-43-31(48)23-29(36(53)58-42(16,17)18)46(21-19-44(25-32(49)54-38(4,5)6)26-33(50)55-39(7,8)9)22-20-45(27-34(51)56-40(10,11)12)28-35(52)57-41(13,14)15/h29H,19-28H2,1-18H3,(H,43,48). The largest absolute Gasteiger partial charge is 0.459 e. The van der Waals surface area contributed by atoms with Crippen LogP contribution in [0.4, 0.5) is 0 Å². The van der Waals surface area contributed by atoms with Crippen LogP contribution in [0.1, 0.15) is 131 Å². The monoisotopic (exact) mass is 829 g/mol. The van der Waals surface area contributed by atoms with Crippen LogP contribution in [0.25, 0.3) is 0 Å². The molecular weight excluding hydrogens is 752 g/mol. The summed E-state index contributed by atoms with van der Waals surface area (Å²) in [6.07, 6.45) is -0.428. The molecule has 336 valence electrons. The number of Topliss-reactive ketones (excluding diaryl/α,β-unsaturated/α-hetero) is 1. The lowest BCUT2D eigenvalue weighted by molar-refractivity contribution is -0.165. The van der Waals surface area contributed by atoms with Crippen molar-refractivity contribution in [2.24, 2.45) is 5.41 Å². The van der Waals surface area contributed by atoms with Crippen LogP contribution in [0.5, 0.6) is 0 Å². The third-order valence-corrected chi connectivity index (χ3v) is 7.28. The average Bonchev–Trinajstić information content (AvgIpc) is 2.93. The Bertz CT molecular complexity index is 1280. The third kappa shape index (κ3) is 27.9. The first-order valence-corrected chi connectivity index (χ1v) is 19.9. The Morgan fingerprint density at radius 3 is 1.00 bits per heavy atom. The lowest BCUT2D eigenvalue weighted by atomic mass is 9.91. The van der Waals surface area contributed by atoms with Crippen molar-refractivity contribution in [1.29, 1.82) is 0 Å². The molecule has 0 aromatic carbocycles. The van der Waals surface area contributed by atoms with Crippen molar-refractivity contribution >= 4 is 41.5 Å². The number of hydrogen-bond acceptors (Lipinski definition) is 15. The number of carbonyl (C=O) groups excluding carboxylic acids is 7. The molecule has 58 heavy (non-hydrogen) atoms. The van der Waals surface area contributed by atoms with E-state index in [0.29, 0.717) is 0 Å². The van der Waals surface area contributed by atoms with Gasteiger partial charge in [0.05, 0.1) is 39.1 Å². The maximum Gasteiger partial charge on any atom is 0.324 e. The molecule has 16 nitrogen and oxygen atoms in total. The lowest BCUT2D eigenvalue weighted by Gasteiger charge is -2.35. The molecule has 0 fully saturated rings. The molecule has 1 unspecified atom stereocenters. The zero-order valence-corrected chi connectivity index (χ0v) is 38.9. The molecule has 1 amide bonds. The van der Waals surface area contributed by atoms with Crippen molar-refractivity contribution in [2.75, 3.05) is 58.9 Å². The van der Waals surface area contributed by atoms with E-state index in [1.165, 1.54) is 9.80 Å². The normalized spacial score (nSPS) is 13.5. The minimum Gasteiger partial charge on any atom is -0.459 e. The minimum atomic E-state index is -1.25. The van der Waals surface area contributed by atoms with Gasteiger partial charge in [0.2, 0.25) is 5.91 Å². The minimum absolute atomic E-state index is 0.0000439. The predicted octanol–water partition coefficient (Wildman–Crippen LogP) is 4.09. The van der Waals surface area contributed by atoms with E-state index in [-0.39, 0.29) is 64.7 Å². The summed E-state index contributed by atoms with van der Waals surface area (Å²) in [5.41, 5.74) is -4.92. The molecule has 16 heteroatoms. The van der Waals surface area contributed by atoms with Gasteiger partial charge < -0.3 is 29.0 Å². The summed E-state index contributed by atoms with van der Waals surface area (Å²) in [6, 6.07) is -1.25. The van der Waals surface area contributed by atoms with Gasteiger partial charge in [-0.15, -0.1) is 0 Å². The summed E-state index contributed by atoms with van der Waals surface area (Å²) in [4.78, 5) is 97.1. The zero-order valence-electron chi connectivity index (χ0n) is 38.9. The SMILES string of the molecule is CC(C)(C)OC(=O)CN(CCN(CCN(CC(=O)OC(C)(C)C)CC(=O)OC(C)(C)C)C(CC(=O)NCC(=O)C(C)(C)C)C(=O)OC(C)(C)C)CC(=O)OC(C)(C)C. The molecule has 0 bridgehead atoms. The van der Waals surface area contributed by atoms with Gasteiger partial charge in [-0.1, -0.05) is 20.8 Å². The molecule has 0 aliphatic rings. The number of nitrogens with one attached hydrogen (secondary N) is 1. The Morgan fingerprint density at radius 1 is 0.448 bits per heavy atom. The molecule has 0 spiro atoms. The van der Waals surface area contributed by atoms with Crippen LogP contribution in [0.2, 0.25) is 0 Å². The Morgan fingerprint density at radius 2 is 0.741 bits per heavy atom. The van der Waals surface area contributed by atoms with Gasteiger partial charge in [0, 0.05) is 31.6 Å². The molecule has 0 heterocycles. The van der Waals surface area contributed by atoms with E-state index in [1.807, 2.05) is 0 Å². The van der Waals surface area contributed by atoms with Crippen LogP contribution < -0.4 is 5.32 Å². The fourth-order valence-corrected chi connectivity index (χ4v) is 5.04. The fraction of sp³-hybridized carbons (Fsp3) is 0.833. The molecule has 0 aliphatic heterocycles. The van der Waals surface area contributed by atoms with Crippen molar-refractivity contribution in [1.82, 2.24) is 20.0 Å². The molecule has 0 rings (SSSR count). The highest BCUT2D eigenvalue weighted by Crippen LogP contribution is 2.18. The fourth-order valence-electron chi connectivity index (χ4n) is 5.04. The number of esters is 5. The van der Waals surface area contributed by atoms with Gasteiger partial charge in [0.15, 0.2) is 5.78 Å². The quantitative estimate of drug-likeness (QED) is 0.137. The molecular formula is C42H76N4O12. The second-order valence-corrected chi connectivity index (χ2v) is 20.5. The van der Waals surface area contributed by atoms with Crippen molar-refractivity contribution in [2.45, 2.75) is 165 Å². The first-order chi connectivity index (χ1) is 25.8. The average molecular weight is 829 g/mol. The molecule has 0 aliphatic carbocycles. The Labute approximate surface area is 347 Å². The molecule has 1 N–H and O–H groups in total. The van der Waals surface area contributed by atoms with E-state index in [1.54, 1.807) is 130 Å². The van der Waals surface area contributed by atoms with Gasteiger partial charge in [-0.3, -0.25) is 48.3 Å². The number of hydrogen-bond donors (Lipinski definition) is 1. The van der Waals surface area contributed by atoms with Gasteiger partial charge in [-0.25, -0.2) is 0 Å². The van der Waals surface area contributed by atoms with Crippen LogP contribution in [-0.2, 0) is 57.2 Å². The predicted molar refractivity (Wildman–Crippen MR) is 220 cm³/mol. The van der Waals surface area contributed by atoms with Crippen LogP contribution in [0.15, 0.2) is 0 Å². The van der Waals surface area contributed by atoms with E-state index < -0.39 is 81.6 Å². The second kappa shape index (κ2) is 22.1. The van der Waals surface area contributed by atoms with Crippen LogP contribution in [0, 0.1) is 5.41 Å². The smallest absolute Gasteiger partial charge is 0.324 e. The number of amides is 1. The van der Waals surface area contributed by atoms with Crippen LogP contribution in [-0.4, -0.2) is 149 Å². The first-order valence-electron chi connectivity index (χ1n) is 19.9. The summed E-state index contributed by atoms with van der Waals surface area (Å²) < 4.78 is 28.0.